The van der Waals surface area contributed by atoms with Crippen LogP contribution in [0.2, 0.25) is 5.15 Å². The lowest BCUT2D eigenvalue weighted by Gasteiger charge is -1.98. The molecule has 0 spiro atoms. The van der Waals surface area contributed by atoms with Gasteiger partial charge in [-0.1, -0.05) is 29.8 Å². The largest absolute Gasteiger partial charge is 0.459 e. The van der Waals surface area contributed by atoms with E-state index < -0.39 is 0 Å². The summed E-state index contributed by atoms with van der Waals surface area (Å²) in [5.74, 6) is 0.484. The Morgan fingerprint density at radius 2 is 2.29 bits per heavy atom. The zero-order valence-electron chi connectivity index (χ0n) is 12.4. The molecule has 0 aliphatic carbocycles. The number of carbonyl (C=O) groups is 1. The molecule has 1 N–H and O–H groups in total. The molecule has 0 aliphatic heterocycles. The topological polar surface area (TPSA) is 59.5 Å². The number of nitrogens with zero attached hydrogens (tertiary/aromatic N) is 2. The molecule has 0 saturated carbocycles. The van der Waals surface area contributed by atoms with Crippen LogP contribution in [0.4, 0.5) is 0 Å². The molecule has 5 nitrogen and oxygen atoms in total. The van der Waals surface area contributed by atoms with Gasteiger partial charge < -0.3 is 9.73 Å². The summed E-state index contributed by atoms with van der Waals surface area (Å²) in [6, 6.07) is 9.65. The number of imidazole rings is 1. The number of para-hydroxylation sites is 1. The molecule has 0 aliphatic rings. The maximum atomic E-state index is 12.0. The van der Waals surface area contributed by atoms with Crippen LogP contribution in [-0.2, 0) is 11.3 Å². The maximum absolute atomic E-state index is 12.0. The lowest BCUT2D eigenvalue weighted by atomic mass is 10.2. The van der Waals surface area contributed by atoms with Crippen LogP contribution in [0, 0.1) is 0 Å². The van der Waals surface area contributed by atoms with Crippen molar-refractivity contribution in [3.05, 3.63) is 64.6 Å². The van der Waals surface area contributed by atoms with Gasteiger partial charge in [0.1, 0.15) is 11.3 Å². The van der Waals surface area contributed by atoms with Gasteiger partial charge in [0.05, 0.1) is 12.2 Å². The van der Waals surface area contributed by atoms with Crippen LogP contribution in [0.1, 0.15) is 11.5 Å². The lowest BCUT2D eigenvalue weighted by Crippen LogP contribution is -2.19. The van der Waals surface area contributed by atoms with E-state index in [2.05, 4.69) is 10.3 Å². The quantitative estimate of drug-likeness (QED) is 0.559. The normalized spacial score (nSPS) is 11.7. The Kier molecular flexibility index (Phi) is 3.84. The van der Waals surface area contributed by atoms with Gasteiger partial charge in [-0.2, -0.15) is 0 Å². The number of hydrogen-bond acceptors (Lipinski definition) is 4. The molecule has 0 unspecified atom stereocenters. The maximum Gasteiger partial charge on any atom is 0.244 e. The summed E-state index contributed by atoms with van der Waals surface area (Å²) in [7, 11) is 0. The van der Waals surface area contributed by atoms with Crippen molar-refractivity contribution >= 4 is 50.9 Å². The standard InChI is InChI=1S/C17H12ClN3O2S/c18-16-13(21-7-8-24-17(21)20-16)5-6-15(22)19-10-12-9-11-3-1-2-4-14(11)23-12/h1-9H,10H2,(H,19,22). The smallest absolute Gasteiger partial charge is 0.244 e. The molecule has 3 aromatic heterocycles. The molecule has 4 aromatic rings. The van der Waals surface area contributed by atoms with Crippen LogP contribution >= 0.6 is 22.9 Å². The summed E-state index contributed by atoms with van der Waals surface area (Å²) in [5.41, 5.74) is 1.50. The summed E-state index contributed by atoms with van der Waals surface area (Å²) in [6.45, 7) is 0.325. The average molecular weight is 358 g/mol. The van der Waals surface area contributed by atoms with E-state index in [-0.39, 0.29) is 5.91 Å². The fourth-order valence-electron chi connectivity index (χ4n) is 2.44. The summed E-state index contributed by atoms with van der Waals surface area (Å²) in [6.07, 6.45) is 4.96. The lowest BCUT2D eigenvalue weighted by molar-refractivity contribution is -0.116. The average Bonchev–Trinajstić information content (AvgIpc) is 3.25. The van der Waals surface area contributed by atoms with Crippen molar-refractivity contribution in [1.82, 2.24) is 14.7 Å². The minimum Gasteiger partial charge on any atom is -0.459 e. The van der Waals surface area contributed by atoms with E-state index in [4.69, 9.17) is 16.0 Å². The van der Waals surface area contributed by atoms with E-state index in [0.717, 1.165) is 15.9 Å². The Labute approximate surface area is 146 Å². The van der Waals surface area contributed by atoms with Gasteiger partial charge >= 0.3 is 0 Å². The van der Waals surface area contributed by atoms with Gasteiger partial charge in [-0.05, 0) is 18.2 Å². The molecule has 1 amide bonds. The first-order chi connectivity index (χ1) is 11.7. The highest BCUT2D eigenvalue weighted by molar-refractivity contribution is 7.15. The monoisotopic (exact) mass is 357 g/mol. The van der Waals surface area contributed by atoms with Crippen LogP contribution in [0.5, 0.6) is 0 Å². The van der Waals surface area contributed by atoms with Gasteiger partial charge in [0.25, 0.3) is 0 Å². The first-order valence-corrected chi connectivity index (χ1v) is 8.51. The fraction of sp³-hybridized carbons (Fsp3) is 0.0588. The number of nitrogens with one attached hydrogen (secondary N) is 1. The Morgan fingerprint density at radius 3 is 3.17 bits per heavy atom. The molecule has 0 saturated heterocycles. The molecule has 7 heteroatoms. The van der Waals surface area contributed by atoms with Gasteiger partial charge in [0.2, 0.25) is 5.91 Å². The van der Waals surface area contributed by atoms with E-state index in [0.29, 0.717) is 23.2 Å². The molecular formula is C17H12ClN3O2S. The van der Waals surface area contributed by atoms with Crippen molar-refractivity contribution in [2.45, 2.75) is 6.54 Å². The third kappa shape index (κ3) is 2.81. The van der Waals surface area contributed by atoms with Crippen molar-refractivity contribution in [2.75, 3.05) is 0 Å². The number of carbonyl (C=O) groups excluding carboxylic acids is 1. The number of amides is 1. The van der Waals surface area contributed by atoms with Crippen molar-refractivity contribution in [1.29, 1.82) is 0 Å². The van der Waals surface area contributed by atoms with Crippen molar-refractivity contribution in [3.63, 3.8) is 0 Å². The number of furan rings is 1. The van der Waals surface area contributed by atoms with Gasteiger partial charge in [0, 0.05) is 23.0 Å². The third-order valence-corrected chi connectivity index (χ3v) is 4.59. The second kappa shape index (κ2) is 6.14. The molecule has 0 radical (unpaired) electrons. The zero-order valence-corrected chi connectivity index (χ0v) is 14.0. The molecule has 1 aromatic carbocycles. The SMILES string of the molecule is O=C(C=Cc1c(Cl)nc2sccn12)NCc1cc2ccccc2o1. The predicted molar refractivity (Wildman–Crippen MR) is 95.2 cm³/mol. The summed E-state index contributed by atoms with van der Waals surface area (Å²) in [4.78, 5) is 17.0. The third-order valence-electron chi connectivity index (χ3n) is 3.56. The van der Waals surface area contributed by atoms with Gasteiger partial charge in [-0.25, -0.2) is 4.98 Å². The van der Waals surface area contributed by atoms with E-state index in [1.54, 1.807) is 6.08 Å². The van der Waals surface area contributed by atoms with Gasteiger partial charge in [-0.3, -0.25) is 9.20 Å². The van der Waals surface area contributed by atoms with Crippen LogP contribution in [0.15, 0.2) is 52.4 Å². The van der Waals surface area contributed by atoms with Crippen molar-refractivity contribution in [2.24, 2.45) is 0 Å². The van der Waals surface area contributed by atoms with Gasteiger partial charge in [-0.15, -0.1) is 11.3 Å². The highest BCUT2D eigenvalue weighted by Crippen LogP contribution is 2.22. The number of thiazole rings is 1. The Balaban J connectivity index is 1.44. The van der Waals surface area contributed by atoms with E-state index in [1.165, 1.54) is 17.4 Å². The second-order valence-corrected chi connectivity index (χ2v) is 6.38. The predicted octanol–water partition coefficient (Wildman–Crippen LogP) is 4.13. The number of halogens is 1. The highest BCUT2D eigenvalue weighted by Gasteiger charge is 2.09. The molecule has 4 rings (SSSR count). The molecule has 24 heavy (non-hydrogen) atoms. The Bertz CT molecular complexity index is 1030. The Morgan fingerprint density at radius 1 is 1.42 bits per heavy atom. The highest BCUT2D eigenvalue weighted by atomic mass is 35.5. The molecule has 120 valence electrons. The van der Waals surface area contributed by atoms with Crippen molar-refractivity contribution in [3.8, 4) is 0 Å². The van der Waals surface area contributed by atoms with Crippen molar-refractivity contribution < 1.29 is 9.21 Å². The minimum atomic E-state index is -0.225. The van der Waals surface area contributed by atoms with E-state index >= 15 is 0 Å². The summed E-state index contributed by atoms with van der Waals surface area (Å²) < 4.78 is 7.51. The molecule has 0 atom stereocenters. The number of rotatable bonds is 4. The number of hydrogen-bond donors (Lipinski definition) is 1. The van der Waals surface area contributed by atoms with Crippen LogP contribution in [0.25, 0.3) is 22.0 Å². The summed E-state index contributed by atoms with van der Waals surface area (Å²) in [5, 5.41) is 6.10. The van der Waals surface area contributed by atoms with Gasteiger partial charge in [0.15, 0.2) is 10.1 Å². The van der Waals surface area contributed by atoms with E-state index in [9.17, 15) is 4.79 Å². The number of fused-ring (bicyclic) bond motifs is 2. The minimum absolute atomic E-state index is 0.225. The van der Waals surface area contributed by atoms with Crippen LogP contribution in [-0.4, -0.2) is 15.3 Å². The number of benzene rings is 1. The Hall–Kier alpha value is -2.57. The number of aromatic nitrogens is 2. The fourth-order valence-corrected chi connectivity index (χ4v) is 3.44. The zero-order chi connectivity index (χ0) is 16.5. The molecule has 0 fully saturated rings. The molecule has 0 bridgehead atoms. The first-order valence-electron chi connectivity index (χ1n) is 7.25. The molecule has 3 heterocycles. The van der Waals surface area contributed by atoms with Crippen LogP contribution in [0.3, 0.4) is 0 Å². The van der Waals surface area contributed by atoms with E-state index in [1.807, 2.05) is 46.3 Å². The van der Waals surface area contributed by atoms with Crippen LogP contribution < -0.4 is 5.32 Å². The summed E-state index contributed by atoms with van der Waals surface area (Å²) >= 11 is 7.57. The molecular weight excluding hydrogens is 346 g/mol. The second-order valence-electron chi connectivity index (χ2n) is 5.15. The first kappa shape index (κ1) is 15.0.